The number of rotatable bonds is 7. The Morgan fingerprint density at radius 3 is 2.48 bits per heavy atom. The lowest BCUT2D eigenvalue weighted by atomic mass is 9.41. The molecule has 4 aliphatic carbocycles. The average molecular weight is 604 g/mol. The van der Waals surface area contributed by atoms with E-state index in [0.29, 0.717) is 48.5 Å². The molecule has 5 aliphatic rings. The maximum absolute atomic E-state index is 13.5. The van der Waals surface area contributed by atoms with Crippen LogP contribution < -0.4 is 0 Å². The zero-order valence-electron chi connectivity index (χ0n) is 26.4. The molecular weight excluding hydrogens is 549 g/mol. The highest BCUT2D eigenvalue weighted by atomic mass is 31.2. The van der Waals surface area contributed by atoms with Crippen LogP contribution in [-0.4, -0.2) is 40.1 Å². The zero-order valence-corrected chi connectivity index (χ0v) is 27.3. The van der Waals surface area contributed by atoms with Gasteiger partial charge in [-0.25, -0.2) is 4.57 Å². The number of aromatic nitrogens is 1. The van der Waals surface area contributed by atoms with Gasteiger partial charge in [-0.15, -0.1) is 0 Å². The van der Waals surface area contributed by atoms with E-state index in [0.717, 1.165) is 37.7 Å². The van der Waals surface area contributed by atoms with E-state index in [2.05, 4.69) is 32.7 Å². The SMILES string of the molecule is CC[C@@H]1C2C[C@H](O)CC[C@]2(C)C2CC[C@@]3(C)C(CC[C@@H]3[C@H](C)CCO[P@@]3(=O)OC(C)C[C@H](c4ccncc4)O3)C2[C@@H]1O. The molecule has 0 radical (unpaired) electrons. The summed E-state index contributed by atoms with van der Waals surface area (Å²) in [7, 11) is -3.66. The minimum atomic E-state index is -3.66. The summed E-state index contributed by atoms with van der Waals surface area (Å²) in [4.78, 5) is 4.08. The maximum Gasteiger partial charge on any atom is 0.475 e. The van der Waals surface area contributed by atoms with Crippen molar-refractivity contribution < 1.29 is 28.3 Å². The summed E-state index contributed by atoms with van der Waals surface area (Å²) in [6.45, 7) is 11.9. The third-order valence-electron chi connectivity index (χ3n) is 13.2. The number of phosphoric ester groups is 1. The van der Waals surface area contributed by atoms with Gasteiger partial charge in [-0.3, -0.25) is 18.6 Å². The third kappa shape index (κ3) is 5.36. The first-order valence-electron chi connectivity index (χ1n) is 16.9. The molecule has 5 unspecified atom stereocenters. The minimum absolute atomic E-state index is 0.195. The molecule has 5 fully saturated rings. The van der Waals surface area contributed by atoms with Crippen molar-refractivity contribution >= 4 is 7.82 Å². The second kappa shape index (κ2) is 11.8. The van der Waals surface area contributed by atoms with Crippen LogP contribution in [0.15, 0.2) is 24.5 Å². The molecule has 0 aromatic carbocycles. The predicted octanol–water partition coefficient (Wildman–Crippen LogP) is 7.73. The third-order valence-corrected chi connectivity index (χ3v) is 14.8. The Hall–Kier alpha value is -0.820. The first kappa shape index (κ1) is 31.2. The van der Waals surface area contributed by atoms with Crippen molar-refractivity contribution in [3.63, 3.8) is 0 Å². The molecule has 8 heteroatoms. The fourth-order valence-corrected chi connectivity index (χ4v) is 12.7. The summed E-state index contributed by atoms with van der Waals surface area (Å²) in [5.74, 6) is 3.10. The quantitative estimate of drug-likeness (QED) is 0.308. The molecule has 0 bridgehead atoms. The Bertz CT molecular complexity index is 1140. The number of hydrogen-bond donors (Lipinski definition) is 2. The van der Waals surface area contributed by atoms with Gasteiger partial charge in [0, 0.05) is 18.8 Å². The number of pyridine rings is 1. The average Bonchev–Trinajstić information content (AvgIpc) is 3.31. The number of aliphatic hydroxyl groups excluding tert-OH is 2. The molecule has 7 nitrogen and oxygen atoms in total. The highest BCUT2D eigenvalue weighted by Crippen LogP contribution is 2.69. The summed E-state index contributed by atoms with van der Waals surface area (Å²) in [6, 6.07) is 3.79. The van der Waals surface area contributed by atoms with Crippen molar-refractivity contribution in [1.82, 2.24) is 4.98 Å². The second-order valence-corrected chi connectivity index (χ2v) is 16.8. The van der Waals surface area contributed by atoms with Crippen molar-refractivity contribution in [3.8, 4) is 0 Å². The predicted molar refractivity (Wildman–Crippen MR) is 162 cm³/mol. The standard InChI is InChI=1S/C34H54NO6P/c1-6-25-29-20-24(36)9-14-34(29,5)28-10-15-33(4)26(7-8-27(33)31(28)32(25)37)21(2)13-18-39-42(38)40-22(3)19-30(41-42)23-11-16-35-17-12-23/h11-12,16-17,21-22,24-32,36-37H,6-10,13-15,18-20H2,1-5H3/t21-,22?,24-,25-,26-,27?,28?,29?,30-,31?,32-,33-,34-,42+/m1/s1. The second-order valence-electron chi connectivity index (χ2n) is 15.2. The van der Waals surface area contributed by atoms with Gasteiger partial charge in [0.2, 0.25) is 0 Å². The minimum Gasteiger partial charge on any atom is -0.393 e. The summed E-state index contributed by atoms with van der Waals surface area (Å²) < 4.78 is 31.1. The molecule has 1 aromatic rings. The van der Waals surface area contributed by atoms with Gasteiger partial charge < -0.3 is 10.2 Å². The monoisotopic (exact) mass is 603 g/mol. The molecule has 0 spiro atoms. The van der Waals surface area contributed by atoms with Gasteiger partial charge in [0.15, 0.2) is 0 Å². The first-order valence-corrected chi connectivity index (χ1v) is 18.3. The van der Waals surface area contributed by atoms with E-state index in [4.69, 9.17) is 13.6 Å². The van der Waals surface area contributed by atoms with Gasteiger partial charge in [0.25, 0.3) is 0 Å². The van der Waals surface area contributed by atoms with Crippen molar-refractivity contribution in [1.29, 1.82) is 0 Å². The van der Waals surface area contributed by atoms with Crippen LogP contribution in [0.3, 0.4) is 0 Å². The molecule has 4 saturated carbocycles. The van der Waals surface area contributed by atoms with Crippen LogP contribution >= 0.6 is 7.82 Å². The molecule has 0 amide bonds. The molecule has 236 valence electrons. The van der Waals surface area contributed by atoms with E-state index in [1.807, 2.05) is 19.1 Å². The van der Waals surface area contributed by atoms with E-state index in [-0.39, 0.29) is 41.2 Å². The van der Waals surface area contributed by atoms with Crippen LogP contribution in [0.25, 0.3) is 0 Å². The maximum atomic E-state index is 13.5. The van der Waals surface area contributed by atoms with Crippen LogP contribution in [0.2, 0.25) is 0 Å². The smallest absolute Gasteiger partial charge is 0.393 e. The molecular formula is C34H54NO6P. The molecule has 2 N–H and O–H groups in total. The van der Waals surface area contributed by atoms with Crippen LogP contribution in [0.4, 0.5) is 0 Å². The Morgan fingerprint density at radius 1 is 1.02 bits per heavy atom. The van der Waals surface area contributed by atoms with Gasteiger partial charge in [0.05, 0.1) is 31.0 Å². The van der Waals surface area contributed by atoms with E-state index in [1.54, 1.807) is 12.4 Å². The summed E-state index contributed by atoms with van der Waals surface area (Å²) >= 11 is 0. The van der Waals surface area contributed by atoms with E-state index in [9.17, 15) is 14.8 Å². The number of nitrogens with zero attached hydrogens (tertiary/aromatic N) is 1. The van der Waals surface area contributed by atoms with Gasteiger partial charge >= 0.3 is 7.82 Å². The van der Waals surface area contributed by atoms with Crippen molar-refractivity contribution in [2.45, 2.75) is 123 Å². The van der Waals surface area contributed by atoms with Crippen LogP contribution in [0, 0.1) is 52.3 Å². The molecule has 14 atom stereocenters. The molecule has 42 heavy (non-hydrogen) atoms. The number of aliphatic hydroxyl groups is 2. The molecule has 1 aliphatic heterocycles. The first-order chi connectivity index (χ1) is 20.0. The van der Waals surface area contributed by atoms with E-state index in [1.165, 1.54) is 25.7 Å². The fraction of sp³-hybridized carbons (Fsp3) is 0.853. The molecule has 6 rings (SSSR count). The normalized spacial score (nSPS) is 49.5. The van der Waals surface area contributed by atoms with Crippen LogP contribution in [0.1, 0.15) is 110 Å². The Balaban J connectivity index is 1.12. The number of phosphoric acid groups is 1. The lowest BCUT2D eigenvalue weighted by molar-refractivity contribution is -0.203. The lowest BCUT2D eigenvalue weighted by Crippen LogP contribution is -2.62. The fourth-order valence-electron chi connectivity index (χ4n) is 11.1. The van der Waals surface area contributed by atoms with Crippen molar-refractivity contribution in [2.75, 3.05) is 6.61 Å². The molecule has 2 heterocycles. The summed E-state index contributed by atoms with van der Waals surface area (Å²) in [5, 5.41) is 22.5. The van der Waals surface area contributed by atoms with Gasteiger partial charge in [0.1, 0.15) is 0 Å². The van der Waals surface area contributed by atoms with E-state index < -0.39 is 7.82 Å². The number of fused-ring (bicyclic) bond motifs is 5. The molecule has 1 saturated heterocycles. The topological polar surface area (TPSA) is 98.1 Å². The lowest BCUT2D eigenvalue weighted by Gasteiger charge is -2.64. The summed E-state index contributed by atoms with van der Waals surface area (Å²) in [6.07, 6.45) is 12.5. The number of hydrogen-bond acceptors (Lipinski definition) is 7. The Labute approximate surface area is 253 Å². The largest absolute Gasteiger partial charge is 0.475 e. The van der Waals surface area contributed by atoms with Crippen molar-refractivity contribution in [2.24, 2.45) is 52.3 Å². The van der Waals surface area contributed by atoms with Gasteiger partial charge in [-0.2, -0.15) is 0 Å². The van der Waals surface area contributed by atoms with Crippen molar-refractivity contribution in [3.05, 3.63) is 30.1 Å². The zero-order chi connectivity index (χ0) is 29.9. The van der Waals surface area contributed by atoms with Crippen LogP contribution in [-0.2, 0) is 18.1 Å². The summed E-state index contributed by atoms with van der Waals surface area (Å²) in [5.41, 5.74) is 1.36. The van der Waals surface area contributed by atoms with Crippen LogP contribution in [0.5, 0.6) is 0 Å². The van der Waals surface area contributed by atoms with Gasteiger partial charge in [-0.1, -0.05) is 34.1 Å². The highest BCUT2D eigenvalue weighted by molar-refractivity contribution is 7.48. The van der Waals surface area contributed by atoms with Gasteiger partial charge in [-0.05, 0) is 128 Å². The van der Waals surface area contributed by atoms with E-state index >= 15 is 0 Å². The Morgan fingerprint density at radius 2 is 1.74 bits per heavy atom. The molecule has 1 aromatic heterocycles. The Kier molecular flexibility index (Phi) is 8.79. The highest BCUT2D eigenvalue weighted by Gasteiger charge is 2.64.